The first kappa shape index (κ1) is 14.4. The Hall–Kier alpha value is -1.06. The number of nitrogens with one attached hydrogen (secondary N) is 1. The highest BCUT2D eigenvalue weighted by atomic mass is 35.5. The van der Waals surface area contributed by atoms with Gasteiger partial charge in [-0.25, -0.2) is 5.43 Å². The molecule has 1 aromatic carbocycles. The highest BCUT2D eigenvalue weighted by Gasteiger charge is 2.15. The van der Waals surface area contributed by atoms with Crippen LogP contribution >= 0.6 is 23.2 Å². The van der Waals surface area contributed by atoms with Crippen molar-refractivity contribution in [2.75, 3.05) is 0 Å². The van der Waals surface area contributed by atoms with Crippen LogP contribution in [0, 0.1) is 5.92 Å². The van der Waals surface area contributed by atoms with Crippen LogP contribution in [0.3, 0.4) is 0 Å². The van der Waals surface area contributed by atoms with Gasteiger partial charge in [0.25, 0.3) is 5.91 Å². The Balaban J connectivity index is 2.05. The van der Waals surface area contributed by atoms with Crippen molar-refractivity contribution in [1.29, 1.82) is 0 Å². The first-order valence-corrected chi connectivity index (χ1v) is 7.12. The molecule has 0 aliphatic heterocycles. The molecule has 5 heteroatoms. The molecule has 0 unspecified atom stereocenters. The number of benzene rings is 1. The molecule has 0 heterocycles. The van der Waals surface area contributed by atoms with Gasteiger partial charge in [-0.15, -0.1) is 0 Å². The van der Waals surface area contributed by atoms with Crippen LogP contribution in [0.15, 0.2) is 23.3 Å². The smallest absolute Gasteiger partial charge is 0.267 e. The van der Waals surface area contributed by atoms with E-state index in [1.54, 1.807) is 18.2 Å². The summed E-state index contributed by atoms with van der Waals surface area (Å²) in [6, 6.07) is 4.80. The van der Waals surface area contributed by atoms with Crippen molar-refractivity contribution in [2.45, 2.75) is 32.6 Å². The second-order valence-corrected chi connectivity index (χ2v) is 5.79. The van der Waals surface area contributed by atoms with Gasteiger partial charge < -0.3 is 0 Å². The average Bonchev–Trinajstić information content (AvgIpc) is 2.39. The Labute approximate surface area is 123 Å². The quantitative estimate of drug-likeness (QED) is 0.813. The first-order valence-electron chi connectivity index (χ1n) is 6.37. The van der Waals surface area contributed by atoms with Crippen LogP contribution in [0.25, 0.3) is 0 Å². The largest absolute Gasteiger partial charge is 0.272 e. The second-order valence-electron chi connectivity index (χ2n) is 4.94. The molecule has 102 valence electrons. The van der Waals surface area contributed by atoms with E-state index in [9.17, 15) is 4.79 Å². The third-order valence-corrected chi connectivity index (χ3v) is 3.80. The predicted octanol–water partition coefficient (Wildman–Crippen LogP) is 4.29. The van der Waals surface area contributed by atoms with Gasteiger partial charge in [-0.3, -0.25) is 4.79 Å². The molecule has 0 spiro atoms. The molecule has 0 saturated heterocycles. The fourth-order valence-corrected chi connectivity index (χ4v) is 2.60. The van der Waals surface area contributed by atoms with Gasteiger partial charge in [-0.05, 0) is 49.8 Å². The molecule has 19 heavy (non-hydrogen) atoms. The minimum Gasteiger partial charge on any atom is -0.267 e. The minimum absolute atomic E-state index is 0.321. The van der Waals surface area contributed by atoms with E-state index in [0.717, 1.165) is 25.0 Å². The average molecular weight is 299 g/mol. The van der Waals surface area contributed by atoms with E-state index in [2.05, 4.69) is 17.5 Å². The fourth-order valence-electron chi connectivity index (χ4n) is 2.22. The maximum atomic E-state index is 12.0. The van der Waals surface area contributed by atoms with Gasteiger partial charge in [0.05, 0.1) is 10.6 Å². The van der Waals surface area contributed by atoms with E-state index in [-0.39, 0.29) is 5.91 Å². The number of hydrogen-bond acceptors (Lipinski definition) is 2. The van der Waals surface area contributed by atoms with Crippen LogP contribution in [0.2, 0.25) is 10.0 Å². The predicted molar refractivity (Wildman–Crippen MR) is 79.0 cm³/mol. The molecule has 1 fully saturated rings. The van der Waals surface area contributed by atoms with Crippen molar-refractivity contribution >= 4 is 34.8 Å². The molecule has 0 bridgehead atoms. The summed E-state index contributed by atoms with van der Waals surface area (Å²) in [5.41, 5.74) is 3.96. The van der Waals surface area contributed by atoms with Crippen molar-refractivity contribution in [3.63, 3.8) is 0 Å². The zero-order valence-corrected chi connectivity index (χ0v) is 12.3. The molecule has 1 aromatic rings. The van der Waals surface area contributed by atoms with Gasteiger partial charge in [-0.1, -0.05) is 30.1 Å². The fraction of sp³-hybridized carbons (Fsp3) is 0.429. The molecule has 1 atom stereocenters. The third-order valence-electron chi connectivity index (χ3n) is 3.23. The van der Waals surface area contributed by atoms with Gasteiger partial charge >= 0.3 is 0 Å². The molecular weight excluding hydrogens is 283 g/mol. The number of halogens is 2. The Kier molecular flexibility index (Phi) is 4.83. The van der Waals surface area contributed by atoms with Crippen LogP contribution < -0.4 is 5.43 Å². The zero-order chi connectivity index (χ0) is 13.8. The minimum atomic E-state index is -0.321. The number of amides is 1. The number of rotatable bonds is 2. The highest BCUT2D eigenvalue weighted by molar-refractivity contribution is 6.35. The van der Waals surface area contributed by atoms with Crippen molar-refractivity contribution < 1.29 is 4.79 Å². The van der Waals surface area contributed by atoms with E-state index in [4.69, 9.17) is 23.2 Å². The van der Waals surface area contributed by atoms with E-state index in [0.29, 0.717) is 21.5 Å². The third kappa shape index (κ3) is 3.95. The normalized spacial score (nSPS) is 21.4. The van der Waals surface area contributed by atoms with Gasteiger partial charge in [0, 0.05) is 10.7 Å². The van der Waals surface area contributed by atoms with Crippen molar-refractivity contribution in [1.82, 2.24) is 5.43 Å². The van der Waals surface area contributed by atoms with Crippen LogP contribution in [0.4, 0.5) is 0 Å². The zero-order valence-electron chi connectivity index (χ0n) is 10.7. The summed E-state index contributed by atoms with van der Waals surface area (Å²) in [5.74, 6) is 0.317. The molecule has 1 amide bonds. The molecule has 0 radical (unpaired) electrons. The Bertz CT molecular complexity index is 514. The van der Waals surface area contributed by atoms with Crippen molar-refractivity contribution in [3.8, 4) is 0 Å². The number of hydrazone groups is 1. The SMILES string of the molecule is C[C@@H]1CCC/C(=N/NC(=O)c2cc(Cl)ccc2Cl)C1. The standard InChI is InChI=1S/C14H16Cl2N2O/c1-9-3-2-4-11(7-9)17-18-14(19)12-8-10(15)5-6-13(12)16/h5-6,8-9H,2-4,7H2,1H3,(H,18,19)/b17-11-/t9-/m1/s1. The van der Waals surface area contributed by atoms with Crippen LogP contribution in [-0.4, -0.2) is 11.6 Å². The summed E-state index contributed by atoms with van der Waals surface area (Å²) in [6.45, 7) is 2.20. The lowest BCUT2D eigenvalue weighted by Gasteiger charge is -2.19. The summed E-state index contributed by atoms with van der Waals surface area (Å²) in [5, 5.41) is 5.05. The van der Waals surface area contributed by atoms with E-state index >= 15 is 0 Å². The summed E-state index contributed by atoms with van der Waals surface area (Å²) in [4.78, 5) is 12.0. The Morgan fingerprint density at radius 1 is 1.42 bits per heavy atom. The molecule has 1 saturated carbocycles. The van der Waals surface area contributed by atoms with E-state index < -0.39 is 0 Å². The Morgan fingerprint density at radius 2 is 2.21 bits per heavy atom. The molecular formula is C14H16Cl2N2O. The lowest BCUT2D eigenvalue weighted by molar-refractivity contribution is 0.0954. The number of carbonyl (C=O) groups excluding carboxylic acids is 1. The summed E-state index contributed by atoms with van der Waals surface area (Å²) in [7, 11) is 0. The van der Waals surface area contributed by atoms with E-state index in [1.807, 2.05) is 0 Å². The van der Waals surface area contributed by atoms with Gasteiger partial charge in [0.2, 0.25) is 0 Å². The second kappa shape index (κ2) is 6.40. The van der Waals surface area contributed by atoms with Crippen LogP contribution in [0.1, 0.15) is 43.0 Å². The molecule has 1 aliphatic carbocycles. The molecule has 1 N–H and O–H groups in total. The maximum Gasteiger partial charge on any atom is 0.272 e. The highest BCUT2D eigenvalue weighted by Crippen LogP contribution is 2.22. The topological polar surface area (TPSA) is 41.5 Å². The lowest BCUT2D eigenvalue weighted by Crippen LogP contribution is -2.22. The number of carbonyl (C=O) groups is 1. The van der Waals surface area contributed by atoms with Crippen LogP contribution in [0.5, 0.6) is 0 Å². The van der Waals surface area contributed by atoms with Gasteiger partial charge in [0.1, 0.15) is 0 Å². The number of hydrogen-bond donors (Lipinski definition) is 1. The van der Waals surface area contributed by atoms with Crippen LogP contribution in [-0.2, 0) is 0 Å². The summed E-state index contributed by atoms with van der Waals surface area (Å²) >= 11 is 11.8. The molecule has 1 aliphatic rings. The lowest BCUT2D eigenvalue weighted by atomic mass is 9.89. The summed E-state index contributed by atoms with van der Waals surface area (Å²) < 4.78 is 0. The van der Waals surface area contributed by atoms with Gasteiger partial charge in [-0.2, -0.15) is 5.10 Å². The van der Waals surface area contributed by atoms with E-state index in [1.165, 1.54) is 6.42 Å². The molecule has 3 nitrogen and oxygen atoms in total. The number of nitrogens with zero attached hydrogens (tertiary/aromatic N) is 1. The molecule has 2 rings (SSSR count). The molecule has 0 aromatic heterocycles. The van der Waals surface area contributed by atoms with Gasteiger partial charge in [0.15, 0.2) is 0 Å². The van der Waals surface area contributed by atoms with Crippen molar-refractivity contribution in [2.24, 2.45) is 11.0 Å². The first-order chi connectivity index (χ1) is 9.06. The van der Waals surface area contributed by atoms with Crippen molar-refractivity contribution in [3.05, 3.63) is 33.8 Å². The maximum absolute atomic E-state index is 12.0. The monoisotopic (exact) mass is 298 g/mol. The summed E-state index contributed by atoms with van der Waals surface area (Å²) in [6.07, 6.45) is 4.26. The Morgan fingerprint density at radius 3 is 2.95 bits per heavy atom.